The van der Waals surface area contributed by atoms with E-state index in [1.54, 1.807) is 12.0 Å². The lowest BCUT2D eigenvalue weighted by Crippen LogP contribution is -2.63. The van der Waals surface area contributed by atoms with E-state index in [2.05, 4.69) is 15.6 Å². The van der Waals surface area contributed by atoms with Crippen LogP contribution in [0.1, 0.15) is 33.3 Å². The number of nitrogens with one attached hydrogen (secondary N) is 2. The van der Waals surface area contributed by atoms with Crippen molar-refractivity contribution in [3.63, 3.8) is 0 Å². The molecule has 8 heteroatoms. The first kappa shape index (κ1) is 23.3. The molecule has 27 heavy (non-hydrogen) atoms. The summed E-state index contributed by atoms with van der Waals surface area (Å²) in [7, 11) is 1.65. The SMILES string of the molecule is CCNC(=NCc1cccc(OC)c1)NC1CN(C(=O)OC(C)(C)C)C1.I. The standard InChI is InChI=1S/C19H30N4O3.HI/c1-6-20-17(21-11-14-8-7-9-16(10-14)25-5)22-15-12-23(13-15)18(24)26-19(2,3)4;/h7-10,15H,6,11-13H2,1-5H3,(H2,20,21,22);1H. The van der Waals surface area contributed by atoms with E-state index in [1.807, 2.05) is 52.0 Å². The largest absolute Gasteiger partial charge is 0.497 e. The number of carbonyl (C=O) groups is 1. The lowest BCUT2D eigenvalue weighted by molar-refractivity contribution is 0.00701. The van der Waals surface area contributed by atoms with Gasteiger partial charge in [0, 0.05) is 19.6 Å². The zero-order valence-electron chi connectivity index (χ0n) is 16.7. The van der Waals surface area contributed by atoms with Crippen molar-refractivity contribution >= 4 is 36.0 Å². The van der Waals surface area contributed by atoms with Crippen molar-refractivity contribution in [2.24, 2.45) is 4.99 Å². The van der Waals surface area contributed by atoms with Gasteiger partial charge in [0.1, 0.15) is 11.4 Å². The summed E-state index contributed by atoms with van der Waals surface area (Å²) in [5.74, 6) is 1.56. The van der Waals surface area contributed by atoms with E-state index in [0.29, 0.717) is 19.6 Å². The normalized spacial score (nSPS) is 14.7. The summed E-state index contributed by atoms with van der Waals surface area (Å²) in [5, 5.41) is 6.59. The molecular formula is C19H31IN4O3. The molecular weight excluding hydrogens is 459 g/mol. The molecule has 1 aromatic carbocycles. The van der Waals surface area contributed by atoms with Crippen LogP contribution in [0.5, 0.6) is 5.75 Å². The number of hydrogen-bond donors (Lipinski definition) is 2. The van der Waals surface area contributed by atoms with Crippen LogP contribution in [-0.2, 0) is 11.3 Å². The molecule has 0 atom stereocenters. The van der Waals surface area contributed by atoms with Crippen LogP contribution in [0.4, 0.5) is 4.79 Å². The number of aliphatic imine (C=N–C) groups is 1. The molecule has 0 aliphatic carbocycles. The van der Waals surface area contributed by atoms with Gasteiger partial charge in [-0.05, 0) is 45.4 Å². The average molecular weight is 490 g/mol. The van der Waals surface area contributed by atoms with Gasteiger partial charge < -0.3 is 25.0 Å². The van der Waals surface area contributed by atoms with E-state index in [-0.39, 0.29) is 36.1 Å². The zero-order chi connectivity index (χ0) is 19.2. The molecule has 1 aliphatic heterocycles. The highest BCUT2D eigenvalue weighted by molar-refractivity contribution is 14.0. The number of likely N-dealkylation sites (tertiary alicyclic amines) is 1. The maximum Gasteiger partial charge on any atom is 0.410 e. The van der Waals surface area contributed by atoms with E-state index < -0.39 is 5.60 Å². The molecule has 1 heterocycles. The third kappa shape index (κ3) is 7.82. The third-order valence-corrected chi connectivity index (χ3v) is 3.77. The molecule has 1 amide bonds. The van der Waals surface area contributed by atoms with E-state index in [1.165, 1.54) is 0 Å². The second-order valence-electron chi connectivity index (χ2n) is 7.27. The number of benzene rings is 1. The highest BCUT2D eigenvalue weighted by Crippen LogP contribution is 2.16. The van der Waals surface area contributed by atoms with Crippen LogP contribution in [0.15, 0.2) is 29.3 Å². The maximum atomic E-state index is 12.0. The Balaban J connectivity index is 0.00000364. The minimum absolute atomic E-state index is 0. The Kier molecular flexibility index (Phi) is 9.14. The van der Waals surface area contributed by atoms with Crippen LogP contribution < -0.4 is 15.4 Å². The second kappa shape index (κ2) is 10.6. The van der Waals surface area contributed by atoms with Crippen LogP contribution in [0.2, 0.25) is 0 Å². The van der Waals surface area contributed by atoms with Crippen molar-refractivity contribution in [2.45, 2.75) is 45.9 Å². The predicted octanol–water partition coefficient (Wildman–Crippen LogP) is 2.99. The molecule has 152 valence electrons. The number of guanidine groups is 1. The van der Waals surface area contributed by atoms with Crippen molar-refractivity contribution in [3.05, 3.63) is 29.8 Å². The number of methoxy groups -OCH3 is 1. The first-order valence-corrected chi connectivity index (χ1v) is 8.96. The minimum Gasteiger partial charge on any atom is -0.497 e. The molecule has 1 fully saturated rings. The Morgan fingerprint density at radius 1 is 1.33 bits per heavy atom. The van der Waals surface area contributed by atoms with E-state index >= 15 is 0 Å². The summed E-state index contributed by atoms with van der Waals surface area (Å²) >= 11 is 0. The van der Waals surface area contributed by atoms with Crippen LogP contribution in [0, 0.1) is 0 Å². The minimum atomic E-state index is -0.470. The number of carbonyl (C=O) groups excluding carboxylic acids is 1. The van der Waals surface area contributed by atoms with Gasteiger partial charge in [-0.1, -0.05) is 12.1 Å². The highest BCUT2D eigenvalue weighted by atomic mass is 127. The summed E-state index contributed by atoms with van der Waals surface area (Å²) in [6.45, 7) is 10.2. The van der Waals surface area contributed by atoms with E-state index in [4.69, 9.17) is 9.47 Å². The molecule has 0 radical (unpaired) electrons. The van der Waals surface area contributed by atoms with Crippen molar-refractivity contribution in [1.29, 1.82) is 0 Å². The van der Waals surface area contributed by atoms with E-state index in [0.717, 1.165) is 23.8 Å². The van der Waals surface area contributed by atoms with Gasteiger partial charge in [0.2, 0.25) is 0 Å². The quantitative estimate of drug-likeness (QED) is 0.377. The van der Waals surface area contributed by atoms with Gasteiger partial charge in [-0.3, -0.25) is 0 Å². The Hall–Kier alpha value is -1.71. The Morgan fingerprint density at radius 2 is 2.04 bits per heavy atom. The van der Waals surface area contributed by atoms with Gasteiger partial charge in [-0.25, -0.2) is 9.79 Å². The molecule has 0 bridgehead atoms. The molecule has 2 rings (SSSR count). The van der Waals surface area contributed by atoms with Crippen LogP contribution >= 0.6 is 24.0 Å². The number of rotatable bonds is 5. The summed E-state index contributed by atoms with van der Waals surface area (Å²) in [6.07, 6.45) is -0.270. The Bertz CT molecular complexity index is 640. The van der Waals surface area contributed by atoms with E-state index in [9.17, 15) is 4.79 Å². The lowest BCUT2D eigenvalue weighted by Gasteiger charge is -2.40. The molecule has 1 saturated heterocycles. The smallest absolute Gasteiger partial charge is 0.410 e. The zero-order valence-corrected chi connectivity index (χ0v) is 19.1. The molecule has 0 spiro atoms. The summed E-state index contributed by atoms with van der Waals surface area (Å²) < 4.78 is 10.6. The number of halogens is 1. The molecule has 0 saturated carbocycles. The van der Waals surface area contributed by atoms with Crippen molar-refractivity contribution in [1.82, 2.24) is 15.5 Å². The number of nitrogens with zero attached hydrogens (tertiary/aromatic N) is 2. The van der Waals surface area contributed by atoms with Gasteiger partial charge in [0.25, 0.3) is 0 Å². The fraction of sp³-hybridized carbons (Fsp3) is 0.579. The highest BCUT2D eigenvalue weighted by Gasteiger charge is 2.34. The number of ether oxygens (including phenoxy) is 2. The maximum absolute atomic E-state index is 12.0. The molecule has 0 unspecified atom stereocenters. The molecule has 1 aliphatic rings. The Morgan fingerprint density at radius 3 is 2.63 bits per heavy atom. The van der Waals surface area contributed by atoms with Crippen molar-refractivity contribution < 1.29 is 14.3 Å². The van der Waals surface area contributed by atoms with Gasteiger partial charge in [-0.15, -0.1) is 24.0 Å². The first-order chi connectivity index (χ1) is 12.3. The summed E-state index contributed by atoms with van der Waals surface area (Å²) in [4.78, 5) is 18.3. The molecule has 7 nitrogen and oxygen atoms in total. The van der Waals surface area contributed by atoms with Crippen LogP contribution in [0.25, 0.3) is 0 Å². The predicted molar refractivity (Wildman–Crippen MR) is 118 cm³/mol. The monoisotopic (exact) mass is 490 g/mol. The van der Waals surface area contributed by atoms with Gasteiger partial charge in [-0.2, -0.15) is 0 Å². The molecule has 2 N–H and O–H groups in total. The van der Waals surface area contributed by atoms with Gasteiger partial charge >= 0.3 is 6.09 Å². The third-order valence-electron chi connectivity index (χ3n) is 3.77. The van der Waals surface area contributed by atoms with Crippen LogP contribution in [-0.4, -0.2) is 55.3 Å². The average Bonchev–Trinajstić information content (AvgIpc) is 2.53. The number of amides is 1. The molecule has 1 aromatic rings. The molecule has 0 aromatic heterocycles. The summed E-state index contributed by atoms with van der Waals surface area (Å²) in [6, 6.07) is 8.03. The van der Waals surface area contributed by atoms with Crippen LogP contribution in [0.3, 0.4) is 0 Å². The summed E-state index contributed by atoms with van der Waals surface area (Å²) in [5.41, 5.74) is 0.605. The van der Waals surface area contributed by atoms with Crippen molar-refractivity contribution in [2.75, 3.05) is 26.7 Å². The van der Waals surface area contributed by atoms with Gasteiger partial charge in [0.15, 0.2) is 5.96 Å². The first-order valence-electron chi connectivity index (χ1n) is 8.96. The Labute approximate surface area is 178 Å². The lowest BCUT2D eigenvalue weighted by atomic mass is 10.1. The second-order valence-corrected chi connectivity index (χ2v) is 7.27. The topological polar surface area (TPSA) is 75.2 Å². The van der Waals surface area contributed by atoms with Crippen molar-refractivity contribution in [3.8, 4) is 5.75 Å². The number of hydrogen-bond acceptors (Lipinski definition) is 4. The van der Waals surface area contributed by atoms with Gasteiger partial charge in [0.05, 0.1) is 19.7 Å². The fourth-order valence-electron chi connectivity index (χ4n) is 2.50. The fourth-order valence-corrected chi connectivity index (χ4v) is 2.50.